The molecule has 1 amide bonds. The molecule has 2 N–H and O–H groups in total. The Morgan fingerprint density at radius 2 is 1.92 bits per heavy atom. The van der Waals surface area contributed by atoms with Crippen molar-refractivity contribution in [1.29, 1.82) is 0 Å². The molecule has 3 aromatic rings. The summed E-state index contributed by atoms with van der Waals surface area (Å²) in [5.74, 6) is -0.503. The van der Waals surface area contributed by atoms with Crippen LogP contribution in [0.3, 0.4) is 0 Å². The van der Waals surface area contributed by atoms with Gasteiger partial charge < -0.3 is 14.9 Å². The zero-order chi connectivity index (χ0) is 16.9. The van der Waals surface area contributed by atoms with Crippen LogP contribution < -0.4 is 5.32 Å². The molecular weight excluding hydrogens is 308 g/mol. The Labute approximate surface area is 138 Å². The Bertz CT molecular complexity index is 871. The maximum absolute atomic E-state index is 12.2. The SMILES string of the molecule is O=C(O)CCCNC(=O)c1ccc2noc(-c3ccccc3)c2c1. The van der Waals surface area contributed by atoms with Crippen LogP contribution in [0.2, 0.25) is 0 Å². The maximum atomic E-state index is 12.2. The number of hydrogen-bond acceptors (Lipinski definition) is 4. The van der Waals surface area contributed by atoms with E-state index in [0.29, 0.717) is 29.8 Å². The second-order valence-electron chi connectivity index (χ2n) is 5.36. The number of carboxylic acid groups (broad SMARTS) is 1. The Balaban J connectivity index is 1.80. The van der Waals surface area contributed by atoms with E-state index in [0.717, 1.165) is 10.9 Å². The van der Waals surface area contributed by atoms with E-state index >= 15 is 0 Å². The molecule has 3 rings (SSSR count). The van der Waals surface area contributed by atoms with E-state index < -0.39 is 5.97 Å². The molecule has 0 radical (unpaired) electrons. The van der Waals surface area contributed by atoms with Gasteiger partial charge in [0.05, 0.1) is 5.39 Å². The molecule has 0 aliphatic heterocycles. The summed E-state index contributed by atoms with van der Waals surface area (Å²) in [4.78, 5) is 22.7. The number of amides is 1. The van der Waals surface area contributed by atoms with Gasteiger partial charge in [-0.3, -0.25) is 9.59 Å². The Kier molecular flexibility index (Phi) is 4.56. The molecule has 1 aromatic heterocycles. The highest BCUT2D eigenvalue weighted by atomic mass is 16.5. The monoisotopic (exact) mass is 324 g/mol. The molecule has 0 fully saturated rings. The molecule has 0 spiro atoms. The normalized spacial score (nSPS) is 10.7. The van der Waals surface area contributed by atoms with Gasteiger partial charge in [0.25, 0.3) is 5.91 Å². The van der Waals surface area contributed by atoms with Gasteiger partial charge in [-0.15, -0.1) is 0 Å². The quantitative estimate of drug-likeness (QED) is 0.680. The van der Waals surface area contributed by atoms with Gasteiger partial charge in [-0.25, -0.2) is 0 Å². The van der Waals surface area contributed by atoms with E-state index in [9.17, 15) is 9.59 Å². The molecule has 6 nitrogen and oxygen atoms in total. The smallest absolute Gasteiger partial charge is 0.303 e. The summed E-state index contributed by atoms with van der Waals surface area (Å²) in [7, 11) is 0. The van der Waals surface area contributed by atoms with E-state index in [-0.39, 0.29) is 12.3 Å². The number of carboxylic acids is 1. The third-order valence-corrected chi connectivity index (χ3v) is 3.63. The van der Waals surface area contributed by atoms with Crippen LogP contribution in [-0.2, 0) is 4.79 Å². The van der Waals surface area contributed by atoms with Crippen molar-refractivity contribution in [2.75, 3.05) is 6.54 Å². The molecule has 2 aromatic carbocycles. The molecule has 0 atom stereocenters. The summed E-state index contributed by atoms with van der Waals surface area (Å²) in [6, 6.07) is 14.7. The summed E-state index contributed by atoms with van der Waals surface area (Å²) >= 11 is 0. The van der Waals surface area contributed by atoms with E-state index in [1.165, 1.54) is 0 Å². The lowest BCUT2D eigenvalue weighted by Gasteiger charge is -2.04. The number of carbonyl (C=O) groups excluding carboxylic acids is 1. The average molecular weight is 324 g/mol. The van der Waals surface area contributed by atoms with Crippen LogP contribution >= 0.6 is 0 Å². The second kappa shape index (κ2) is 6.95. The van der Waals surface area contributed by atoms with Gasteiger partial charge >= 0.3 is 5.97 Å². The first-order valence-electron chi connectivity index (χ1n) is 7.60. The minimum absolute atomic E-state index is 0.0309. The predicted molar refractivity (Wildman–Crippen MR) is 88.6 cm³/mol. The highest BCUT2D eigenvalue weighted by Crippen LogP contribution is 2.29. The van der Waals surface area contributed by atoms with Crippen molar-refractivity contribution in [3.05, 3.63) is 54.1 Å². The van der Waals surface area contributed by atoms with Gasteiger partial charge in [-0.2, -0.15) is 0 Å². The number of rotatable bonds is 6. The summed E-state index contributed by atoms with van der Waals surface area (Å²) in [5.41, 5.74) is 2.05. The first-order chi connectivity index (χ1) is 11.6. The Morgan fingerprint density at radius 1 is 1.12 bits per heavy atom. The van der Waals surface area contributed by atoms with Crippen molar-refractivity contribution in [1.82, 2.24) is 10.5 Å². The number of aliphatic carboxylic acids is 1. The first-order valence-corrected chi connectivity index (χ1v) is 7.60. The molecular formula is C18H16N2O4. The van der Waals surface area contributed by atoms with Crippen molar-refractivity contribution in [2.24, 2.45) is 0 Å². The zero-order valence-corrected chi connectivity index (χ0v) is 12.9. The molecule has 24 heavy (non-hydrogen) atoms. The van der Waals surface area contributed by atoms with E-state index in [1.807, 2.05) is 30.3 Å². The fourth-order valence-electron chi connectivity index (χ4n) is 2.42. The second-order valence-corrected chi connectivity index (χ2v) is 5.36. The van der Waals surface area contributed by atoms with Crippen molar-refractivity contribution in [2.45, 2.75) is 12.8 Å². The van der Waals surface area contributed by atoms with Crippen molar-refractivity contribution >= 4 is 22.8 Å². The van der Waals surface area contributed by atoms with Gasteiger partial charge in [0.2, 0.25) is 0 Å². The lowest BCUT2D eigenvalue weighted by atomic mass is 10.1. The van der Waals surface area contributed by atoms with Crippen LogP contribution in [0.4, 0.5) is 0 Å². The number of nitrogens with one attached hydrogen (secondary N) is 1. The summed E-state index contributed by atoms with van der Waals surface area (Å²) < 4.78 is 5.41. The van der Waals surface area contributed by atoms with Gasteiger partial charge in [-0.05, 0) is 24.6 Å². The van der Waals surface area contributed by atoms with E-state index in [4.69, 9.17) is 9.63 Å². The third-order valence-electron chi connectivity index (χ3n) is 3.63. The van der Waals surface area contributed by atoms with Crippen molar-refractivity contribution in [3.8, 4) is 11.3 Å². The number of nitrogens with zero attached hydrogens (tertiary/aromatic N) is 1. The summed E-state index contributed by atoms with van der Waals surface area (Å²) in [5, 5.41) is 16.1. The highest BCUT2D eigenvalue weighted by Gasteiger charge is 2.13. The van der Waals surface area contributed by atoms with Crippen molar-refractivity contribution < 1.29 is 19.2 Å². The lowest BCUT2D eigenvalue weighted by molar-refractivity contribution is -0.137. The van der Waals surface area contributed by atoms with Crippen molar-refractivity contribution in [3.63, 3.8) is 0 Å². The van der Waals surface area contributed by atoms with E-state index in [1.54, 1.807) is 18.2 Å². The molecule has 0 aliphatic rings. The lowest BCUT2D eigenvalue weighted by Crippen LogP contribution is -2.24. The summed E-state index contributed by atoms with van der Waals surface area (Å²) in [6.07, 6.45) is 0.426. The largest absolute Gasteiger partial charge is 0.481 e. The number of benzene rings is 2. The molecule has 1 heterocycles. The molecule has 0 unspecified atom stereocenters. The Morgan fingerprint density at radius 3 is 2.67 bits per heavy atom. The van der Waals surface area contributed by atoms with E-state index in [2.05, 4.69) is 10.5 Å². The number of carbonyl (C=O) groups is 2. The number of hydrogen-bond donors (Lipinski definition) is 2. The van der Waals surface area contributed by atoms with Crippen LogP contribution in [-0.4, -0.2) is 28.7 Å². The predicted octanol–water partition coefficient (Wildman–Crippen LogP) is 3.09. The molecule has 6 heteroatoms. The maximum Gasteiger partial charge on any atom is 0.303 e. The molecule has 0 saturated carbocycles. The zero-order valence-electron chi connectivity index (χ0n) is 12.9. The number of aromatic nitrogens is 1. The van der Waals surface area contributed by atoms with Crippen LogP contribution in [0.25, 0.3) is 22.2 Å². The van der Waals surface area contributed by atoms with Crippen LogP contribution in [0.5, 0.6) is 0 Å². The van der Waals surface area contributed by atoms with Crippen LogP contribution in [0.1, 0.15) is 23.2 Å². The third kappa shape index (κ3) is 3.43. The van der Waals surface area contributed by atoms with Crippen LogP contribution in [0, 0.1) is 0 Å². The molecule has 0 bridgehead atoms. The highest BCUT2D eigenvalue weighted by molar-refractivity contribution is 6.00. The van der Waals surface area contributed by atoms with Gasteiger partial charge in [0.1, 0.15) is 5.52 Å². The summed E-state index contributed by atoms with van der Waals surface area (Å²) in [6.45, 7) is 0.318. The minimum Gasteiger partial charge on any atom is -0.481 e. The van der Waals surface area contributed by atoms with Gasteiger partial charge in [0, 0.05) is 24.1 Å². The van der Waals surface area contributed by atoms with Gasteiger partial charge in [0.15, 0.2) is 5.76 Å². The average Bonchev–Trinajstić information content (AvgIpc) is 3.02. The standard InChI is InChI=1S/C18H16N2O4/c21-16(22)7-4-10-19-18(23)13-8-9-15-14(11-13)17(24-20-15)12-5-2-1-3-6-12/h1-3,5-6,8-9,11H,4,7,10H2,(H,19,23)(H,21,22). The molecule has 0 aliphatic carbocycles. The fourth-order valence-corrected chi connectivity index (χ4v) is 2.42. The number of fused-ring (bicyclic) bond motifs is 1. The fraction of sp³-hybridized carbons (Fsp3) is 0.167. The van der Waals surface area contributed by atoms with Crippen LogP contribution in [0.15, 0.2) is 53.1 Å². The van der Waals surface area contributed by atoms with Gasteiger partial charge in [-0.1, -0.05) is 35.5 Å². The topological polar surface area (TPSA) is 92.4 Å². The first kappa shape index (κ1) is 15.7. The minimum atomic E-state index is -0.873. The Hall–Kier alpha value is -3.15. The molecule has 122 valence electrons. The molecule has 0 saturated heterocycles.